The number of nitrogens with one attached hydrogen (secondary N) is 1. The van der Waals surface area contributed by atoms with E-state index in [0.717, 1.165) is 11.4 Å². The van der Waals surface area contributed by atoms with Crippen molar-refractivity contribution in [2.75, 3.05) is 5.32 Å². The lowest BCUT2D eigenvalue weighted by Crippen LogP contribution is -2.13. The number of anilines is 1. The third-order valence-electron chi connectivity index (χ3n) is 3.22. The van der Waals surface area contributed by atoms with E-state index in [-0.39, 0.29) is 5.91 Å². The Morgan fingerprint density at radius 3 is 2.45 bits per heavy atom. The average molecular weight is 293 g/mol. The minimum Gasteiger partial charge on any atom is -0.306 e. The molecule has 3 rings (SSSR count). The molecule has 0 aliphatic rings. The molecule has 6 heteroatoms. The van der Waals surface area contributed by atoms with E-state index in [1.165, 1.54) is 0 Å². The molecule has 0 atom stereocenters. The van der Waals surface area contributed by atoms with Gasteiger partial charge in [0.1, 0.15) is 11.6 Å². The summed E-state index contributed by atoms with van der Waals surface area (Å²) in [6, 6.07) is 10.8. The van der Waals surface area contributed by atoms with Crippen molar-refractivity contribution in [2.24, 2.45) is 0 Å². The van der Waals surface area contributed by atoms with Gasteiger partial charge in [-0.15, -0.1) is 0 Å². The van der Waals surface area contributed by atoms with Crippen LogP contribution in [-0.4, -0.2) is 25.7 Å². The summed E-state index contributed by atoms with van der Waals surface area (Å²) < 4.78 is 1.81. The number of rotatable bonds is 3. The molecule has 2 heterocycles. The molecule has 22 heavy (non-hydrogen) atoms. The minimum absolute atomic E-state index is 0.207. The van der Waals surface area contributed by atoms with E-state index in [2.05, 4.69) is 20.4 Å². The van der Waals surface area contributed by atoms with Gasteiger partial charge in [-0.25, -0.2) is 14.6 Å². The van der Waals surface area contributed by atoms with Crippen molar-refractivity contribution in [1.29, 1.82) is 0 Å². The number of benzene rings is 1. The zero-order valence-corrected chi connectivity index (χ0v) is 12.3. The van der Waals surface area contributed by atoms with Gasteiger partial charge in [0.2, 0.25) is 0 Å². The van der Waals surface area contributed by atoms with Crippen LogP contribution in [0.25, 0.3) is 5.69 Å². The van der Waals surface area contributed by atoms with Gasteiger partial charge in [0.25, 0.3) is 5.91 Å². The van der Waals surface area contributed by atoms with Gasteiger partial charge < -0.3 is 5.32 Å². The van der Waals surface area contributed by atoms with E-state index < -0.39 is 0 Å². The Morgan fingerprint density at radius 2 is 1.82 bits per heavy atom. The highest BCUT2D eigenvalue weighted by Crippen LogP contribution is 2.12. The van der Waals surface area contributed by atoms with Gasteiger partial charge in [-0.3, -0.25) is 4.79 Å². The summed E-state index contributed by atoms with van der Waals surface area (Å²) in [5, 5.41) is 6.99. The molecule has 0 saturated carbocycles. The lowest BCUT2D eigenvalue weighted by atomic mass is 10.2. The summed E-state index contributed by atoms with van der Waals surface area (Å²) in [7, 11) is 0. The zero-order valence-electron chi connectivity index (χ0n) is 12.3. The fourth-order valence-corrected chi connectivity index (χ4v) is 2.11. The Balaban J connectivity index is 1.78. The number of hydrogen-bond donors (Lipinski definition) is 1. The molecule has 1 amide bonds. The van der Waals surface area contributed by atoms with E-state index in [1.807, 2.05) is 29.8 Å². The van der Waals surface area contributed by atoms with Gasteiger partial charge in [0, 0.05) is 23.7 Å². The molecule has 3 aromatic rings. The summed E-state index contributed by atoms with van der Waals surface area (Å²) in [5.41, 5.74) is 2.51. The van der Waals surface area contributed by atoms with Crippen LogP contribution >= 0.6 is 0 Å². The third kappa shape index (κ3) is 2.85. The molecular weight excluding hydrogens is 278 g/mol. The molecule has 0 saturated heterocycles. The lowest BCUT2D eigenvalue weighted by molar-refractivity contribution is 0.102. The summed E-state index contributed by atoms with van der Waals surface area (Å²) in [6.07, 6.45) is 3.36. The molecule has 110 valence electrons. The van der Waals surface area contributed by atoms with Crippen LogP contribution in [0.15, 0.2) is 48.8 Å². The number of amides is 1. The zero-order chi connectivity index (χ0) is 15.5. The topological polar surface area (TPSA) is 72.7 Å². The summed E-state index contributed by atoms with van der Waals surface area (Å²) in [6.45, 7) is 3.75. The number of carbonyl (C=O) groups excluding carboxylic acids is 1. The quantitative estimate of drug-likeness (QED) is 0.805. The molecular formula is C16H15N5O. The second kappa shape index (κ2) is 5.77. The van der Waals surface area contributed by atoms with E-state index in [4.69, 9.17) is 0 Å². The first-order chi connectivity index (χ1) is 10.6. The van der Waals surface area contributed by atoms with Gasteiger partial charge >= 0.3 is 0 Å². The van der Waals surface area contributed by atoms with Crippen molar-refractivity contribution >= 4 is 11.7 Å². The van der Waals surface area contributed by atoms with Crippen LogP contribution in [0.5, 0.6) is 0 Å². The van der Waals surface area contributed by atoms with Crippen LogP contribution in [0.4, 0.5) is 5.82 Å². The number of aryl methyl sites for hydroxylation is 2. The average Bonchev–Trinajstić information content (AvgIpc) is 2.93. The molecule has 0 bridgehead atoms. The van der Waals surface area contributed by atoms with Gasteiger partial charge in [-0.1, -0.05) is 0 Å². The fraction of sp³-hybridized carbons (Fsp3) is 0.125. The second-order valence-corrected chi connectivity index (χ2v) is 4.87. The van der Waals surface area contributed by atoms with Crippen LogP contribution in [-0.2, 0) is 0 Å². The number of carbonyl (C=O) groups is 1. The Kier molecular flexibility index (Phi) is 3.65. The summed E-state index contributed by atoms with van der Waals surface area (Å²) in [5.74, 6) is 0.897. The largest absolute Gasteiger partial charge is 0.306 e. The smallest absolute Gasteiger partial charge is 0.256 e. The van der Waals surface area contributed by atoms with Crippen LogP contribution in [0.2, 0.25) is 0 Å². The van der Waals surface area contributed by atoms with Gasteiger partial charge in [0.05, 0.1) is 5.69 Å². The third-order valence-corrected chi connectivity index (χ3v) is 3.22. The molecule has 0 aliphatic carbocycles. The molecule has 0 radical (unpaired) electrons. The van der Waals surface area contributed by atoms with Crippen molar-refractivity contribution in [1.82, 2.24) is 19.7 Å². The molecule has 1 aromatic carbocycles. The van der Waals surface area contributed by atoms with Gasteiger partial charge in [-0.2, -0.15) is 5.10 Å². The second-order valence-electron chi connectivity index (χ2n) is 4.87. The van der Waals surface area contributed by atoms with Gasteiger partial charge in [-0.05, 0) is 50.2 Å². The predicted octanol–water partition coefficient (Wildman–Crippen LogP) is 2.53. The van der Waals surface area contributed by atoms with Crippen molar-refractivity contribution < 1.29 is 4.79 Å². The first-order valence-corrected chi connectivity index (χ1v) is 6.85. The summed E-state index contributed by atoms with van der Waals surface area (Å²) in [4.78, 5) is 20.3. The maximum atomic E-state index is 12.2. The Bertz CT molecular complexity index is 807. The first-order valence-electron chi connectivity index (χ1n) is 6.85. The van der Waals surface area contributed by atoms with Crippen molar-refractivity contribution in [2.45, 2.75) is 13.8 Å². The molecule has 0 spiro atoms. The van der Waals surface area contributed by atoms with Crippen LogP contribution in [0.1, 0.15) is 21.9 Å². The highest BCUT2D eigenvalue weighted by molar-refractivity contribution is 6.03. The predicted molar refractivity (Wildman–Crippen MR) is 83.0 cm³/mol. The Morgan fingerprint density at radius 1 is 1.05 bits per heavy atom. The summed E-state index contributed by atoms with van der Waals surface area (Å²) >= 11 is 0. The van der Waals surface area contributed by atoms with Crippen molar-refractivity contribution in [3.05, 3.63) is 65.9 Å². The van der Waals surface area contributed by atoms with Gasteiger partial charge in [0.15, 0.2) is 0 Å². The molecule has 0 aliphatic heterocycles. The Hall–Kier alpha value is -3.02. The van der Waals surface area contributed by atoms with Crippen molar-refractivity contribution in [3.8, 4) is 5.69 Å². The molecule has 6 nitrogen and oxygen atoms in total. The Labute approximate surface area is 127 Å². The first kappa shape index (κ1) is 13.9. The maximum Gasteiger partial charge on any atom is 0.256 e. The van der Waals surface area contributed by atoms with Crippen molar-refractivity contribution in [3.63, 3.8) is 0 Å². The fourth-order valence-electron chi connectivity index (χ4n) is 2.11. The standard InChI is InChI=1S/C16H15N5O/c1-11-7-10-18-21(11)14-5-3-13(4-6-14)16(22)20-15-8-9-17-12(2)19-15/h3-10H,1-2H3,(H,17,19,20,22). The van der Waals surface area contributed by atoms with Crippen LogP contribution < -0.4 is 5.32 Å². The molecule has 2 aromatic heterocycles. The number of nitrogens with zero attached hydrogens (tertiary/aromatic N) is 4. The SMILES string of the molecule is Cc1nccc(NC(=O)c2ccc(-n3nccc3C)cc2)n1. The minimum atomic E-state index is -0.207. The number of aromatic nitrogens is 4. The van der Waals surface area contributed by atoms with Crippen LogP contribution in [0.3, 0.4) is 0 Å². The van der Waals surface area contributed by atoms with E-state index >= 15 is 0 Å². The van der Waals surface area contributed by atoms with E-state index in [9.17, 15) is 4.79 Å². The monoisotopic (exact) mass is 293 g/mol. The maximum absolute atomic E-state index is 12.2. The normalized spacial score (nSPS) is 10.5. The molecule has 0 unspecified atom stereocenters. The van der Waals surface area contributed by atoms with E-state index in [1.54, 1.807) is 37.5 Å². The van der Waals surface area contributed by atoms with E-state index in [0.29, 0.717) is 17.2 Å². The lowest BCUT2D eigenvalue weighted by Gasteiger charge is -2.07. The van der Waals surface area contributed by atoms with Crippen LogP contribution in [0, 0.1) is 13.8 Å². The highest BCUT2D eigenvalue weighted by Gasteiger charge is 2.08. The number of hydrogen-bond acceptors (Lipinski definition) is 4. The highest BCUT2D eigenvalue weighted by atomic mass is 16.1. The molecule has 1 N–H and O–H groups in total. The molecule has 0 fully saturated rings.